The molecule has 0 aromatic heterocycles. The van der Waals surface area contributed by atoms with Gasteiger partial charge in [-0.25, -0.2) is 0 Å². The number of para-hydroxylation sites is 1. The number of nitrogens with one attached hydrogen (secondary N) is 1. The number of carbonyl (C=O) groups excluding carboxylic acids is 2. The van der Waals surface area contributed by atoms with E-state index in [0.29, 0.717) is 25.3 Å². The maximum absolute atomic E-state index is 12.2. The normalized spacial score (nSPS) is 17.4. The molecule has 24 heavy (non-hydrogen) atoms. The number of nitrogens with zero attached hydrogens (tertiary/aromatic N) is 2. The number of likely N-dealkylation sites (N-methyl/N-ethyl adjacent to an activating group) is 1. The van der Waals surface area contributed by atoms with Gasteiger partial charge in [0.2, 0.25) is 11.8 Å². The second kappa shape index (κ2) is 8.94. The average molecular weight is 351 g/mol. The lowest BCUT2D eigenvalue weighted by Crippen LogP contribution is -2.35. The summed E-state index contributed by atoms with van der Waals surface area (Å²) in [6.45, 7) is 1.83. The van der Waals surface area contributed by atoms with Gasteiger partial charge in [0.1, 0.15) is 11.1 Å². The molecule has 0 spiro atoms. The van der Waals surface area contributed by atoms with Crippen LogP contribution in [0, 0.1) is 0 Å². The largest absolute Gasteiger partial charge is 0.496 e. The van der Waals surface area contributed by atoms with Crippen molar-refractivity contribution in [3.05, 3.63) is 29.8 Å². The molecule has 1 fully saturated rings. The number of carbonyl (C=O) groups is 2. The van der Waals surface area contributed by atoms with Gasteiger partial charge in [0.05, 0.1) is 12.9 Å². The Kier molecular flexibility index (Phi) is 6.93. The molecule has 2 amide bonds. The monoisotopic (exact) mass is 351 g/mol. The summed E-state index contributed by atoms with van der Waals surface area (Å²) in [7, 11) is 5.55. The van der Waals surface area contributed by atoms with Crippen LogP contribution in [0.4, 0.5) is 0 Å². The van der Waals surface area contributed by atoms with Gasteiger partial charge in [0, 0.05) is 31.6 Å². The fourth-order valence-electron chi connectivity index (χ4n) is 2.55. The quantitative estimate of drug-likeness (QED) is 0.766. The summed E-state index contributed by atoms with van der Waals surface area (Å²) >= 11 is 1.57. The smallest absolute Gasteiger partial charge is 0.233 e. The molecular formula is C17H25N3O3S. The summed E-state index contributed by atoms with van der Waals surface area (Å²) in [5.41, 5.74) is 0.976. The Labute approximate surface area is 147 Å². The number of ether oxygens (including phenoxy) is 1. The second-order valence-corrected chi connectivity index (χ2v) is 6.96. The van der Waals surface area contributed by atoms with Gasteiger partial charge in [-0.3, -0.25) is 9.59 Å². The molecule has 1 atom stereocenters. The molecule has 7 heteroatoms. The summed E-state index contributed by atoms with van der Waals surface area (Å²) in [5, 5.41) is 2.79. The summed E-state index contributed by atoms with van der Waals surface area (Å²) in [5.74, 6) is 1.24. The van der Waals surface area contributed by atoms with E-state index in [1.54, 1.807) is 23.8 Å². The Balaban J connectivity index is 1.95. The molecule has 0 bridgehead atoms. The van der Waals surface area contributed by atoms with Crippen molar-refractivity contribution in [1.29, 1.82) is 0 Å². The zero-order valence-corrected chi connectivity index (χ0v) is 15.3. The van der Waals surface area contributed by atoms with E-state index < -0.39 is 0 Å². The van der Waals surface area contributed by atoms with Crippen LogP contribution in [-0.2, 0) is 9.59 Å². The summed E-state index contributed by atoms with van der Waals surface area (Å²) in [6.07, 6.45) is 0.311. The van der Waals surface area contributed by atoms with Gasteiger partial charge in [-0.1, -0.05) is 18.2 Å². The third kappa shape index (κ3) is 4.88. The van der Waals surface area contributed by atoms with Gasteiger partial charge >= 0.3 is 0 Å². The highest BCUT2D eigenvalue weighted by molar-refractivity contribution is 8.00. The van der Waals surface area contributed by atoms with Crippen LogP contribution in [0.2, 0.25) is 0 Å². The molecule has 0 saturated carbocycles. The molecule has 0 aliphatic carbocycles. The van der Waals surface area contributed by atoms with Crippen molar-refractivity contribution in [1.82, 2.24) is 15.1 Å². The molecule has 1 aromatic rings. The van der Waals surface area contributed by atoms with E-state index in [1.807, 2.05) is 43.3 Å². The number of rotatable bonds is 8. The molecule has 0 radical (unpaired) electrons. The molecular weight excluding hydrogens is 326 g/mol. The Morgan fingerprint density at radius 3 is 2.88 bits per heavy atom. The van der Waals surface area contributed by atoms with E-state index in [9.17, 15) is 9.59 Å². The lowest BCUT2D eigenvalue weighted by molar-refractivity contribution is -0.129. The van der Waals surface area contributed by atoms with Gasteiger partial charge in [0.15, 0.2) is 0 Å². The van der Waals surface area contributed by atoms with E-state index in [4.69, 9.17) is 4.74 Å². The minimum Gasteiger partial charge on any atom is -0.496 e. The molecule has 132 valence electrons. The first-order valence-corrected chi connectivity index (χ1v) is 9.03. The molecule has 1 N–H and O–H groups in total. The van der Waals surface area contributed by atoms with Crippen molar-refractivity contribution in [2.75, 3.05) is 46.6 Å². The van der Waals surface area contributed by atoms with Crippen LogP contribution in [0.3, 0.4) is 0 Å². The zero-order chi connectivity index (χ0) is 17.5. The maximum atomic E-state index is 12.2. The second-order valence-electron chi connectivity index (χ2n) is 5.90. The van der Waals surface area contributed by atoms with Crippen LogP contribution >= 0.6 is 11.8 Å². The average Bonchev–Trinajstić information content (AvgIpc) is 2.93. The highest BCUT2D eigenvalue weighted by Gasteiger charge is 2.34. The number of amides is 2. The van der Waals surface area contributed by atoms with Crippen LogP contribution in [-0.4, -0.2) is 68.2 Å². The van der Waals surface area contributed by atoms with Crippen molar-refractivity contribution in [3.63, 3.8) is 0 Å². The highest BCUT2D eigenvalue weighted by atomic mass is 32.2. The predicted octanol–water partition coefficient (Wildman–Crippen LogP) is 1.34. The molecule has 1 saturated heterocycles. The molecule has 1 aliphatic heterocycles. The van der Waals surface area contributed by atoms with Crippen LogP contribution in [0.5, 0.6) is 5.75 Å². The van der Waals surface area contributed by atoms with E-state index >= 15 is 0 Å². The van der Waals surface area contributed by atoms with E-state index in [2.05, 4.69) is 5.32 Å². The minimum absolute atomic E-state index is 0.0275. The molecule has 0 unspecified atom stereocenters. The number of hydrogen-bond donors (Lipinski definition) is 1. The van der Waals surface area contributed by atoms with Crippen molar-refractivity contribution < 1.29 is 14.3 Å². The highest BCUT2D eigenvalue weighted by Crippen LogP contribution is 2.42. The summed E-state index contributed by atoms with van der Waals surface area (Å²) in [6, 6.07) is 7.71. The fourth-order valence-corrected chi connectivity index (χ4v) is 3.80. The summed E-state index contributed by atoms with van der Waals surface area (Å²) < 4.78 is 5.41. The van der Waals surface area contributed by atoms with Crippen LogP contribution in [0.1, 0.15) is 17.4 Å². The van der Waals surface area contributed by atoms with E-state index in [1.165, 1.54) is 0 Å². The van der Waals surface area contributed by atoms with Gasteiger partial charge in [-0.15, -0.1) is 11.8 Å². The van der Waals surface area contributed by atoms with Gasteiger partial charge in [-0.05, 0) is 20.2 Å². The van der Waals surface area contributed by atoms with Crippen LogP contribution < -0.4 is 10.1 Å². The lowest BCUT2D eigenvalue weighted by Gasteiger charge is -2.25. The topological polar surface area (TPSA) is 61.9 Å². The first-order valence-electron chi connectivity index (χ1n) is 7.98. The molecule has 1 heterocycles. The van der Waals surface area contributed by atoms with Crippen molar-refractivity contribution in [2.24, 2.45) is 0 Å². The van der Waals surface area contributed by atoms with Gasteiger partial charge in [-0.2, -0.15) is 0 Å². The van der Waals surface area contributed by atoms with Crippen molar-refractivity contribution in [3.8, 4) is 5.75 Å². The Morgan fingerprint density at radius 2 is 2.17 bits per heavy atom. The van der Waals surface area contributed by atoms with Crippen LogP contribution in [0.15, 0.2) is 24.3 Å². The third-order valence-electron chi connectivity index (χ3n) is 3.83. The van der Waals surface area contributed by atoms with Crippen molar-refractivity contribution >= 4 is 23.6 Å². The first kappa shape index (κ1) is 18.6. The number of hydrogen-bond acceptors (Lipinski definition) is 5. The van der Waals surface area contributed by atoms with Crippen LogP contribution in [0.25, 0.3) is 0 Å². The SMILES string of the molecule is COc1ccccc1[C@H]1SCC(=O)N1CCC(=O)NCCN(C)C. The van der Waals surface area contributed by atoms with E-state index in [-0.39, 0.29) is 17.2 Å². The van der Waals surface area contributed by atoms with Gasteiger partial charge < -0.3 is 19.9 Å². The molecule has 1 aliphatic rings. The molecule has 6 nitrogen and oxygen atoms in total. The van der Waals surface area contributed by atoms with Crippen molar-refractivity contribution in [2.45, 2.75) is 11.8 Å². The number of methoxy groups -OCH3 is 1. The maximum Gasteiger partial charge on any atom is 0.233 e. The minimum atomic E-state index is -0.0942. The van der Waals surface area contributed by atoms with E-state index in [0.717, 1.165) is 17.9 Å². The molecule has 1 aromatic carbocycles. The first-order chi connectivity index (χ1) is 11.5. The lowest BCUT2D eigenvalue weighted by atomic mass is 10.1. The number of thioether (sulfide) groups is 1. The predicted molar refractivity (Wildman–Crippen MR) is 96.1 cm³/mol. The molecule has 2 rings (SSSR count). The Bertz CT molecular complexity index is 580. The third-order valence-corrected chi connectivity index (χ3v) is 5.07. The Hall–Kier alpha value is -1.73. The Morgan fingerprint density at radius 1 is 1.42 bits per heavy atom. The fraction of sp³-hybridized carbons (Fsp3) is 0.529. The zero-order valence-electron chi connectivity index (χ0n) is 14.4. The summed E-state index contributed by atoms with van der Waals surface area (Å²) in [4.78, 5) is 27.9. The van der Waals surface area contributed by atoms with Gasteiger partial charge in [0.25, 0.3) is 0 Å². The number of benzene rings is 1. The standard InChI is InChI=1S/C17H25N3O3S/c1-19(2)11-9-18-15(21)8-10-20-16(22)12-24-17(20)13-6-4-5-7-14(13)23-3/h4-7,17H,8-12H2,1-3H3,(H,18,21)/t17-/m1/s1.